The van der Waals surface area contributed by atoms with Crippen LogP contribution in [0, 0.1) is 0 Å². The smallest absolute Gasteiger partial charge is 0.318 e. The minimum atomic E-state index is -0.515. The second-order valence-electron chi connectivity index (χ2n) is 6.02. The Morgan fingerprint density at radius 1 is 1.50 bits per heavy atom. The Balaban J connectivity index is 1.91. The van der Waals surface area contributed by atoms with Crippen LogP contribution in [0.2, 0.25) is 0 Å². The molecule has 1 aliphatic heterocycles. The minimum absolute atomic E-state index is 0.0339. The van der Waals surface area contributed by atoms with Crippen LogP contribution in [0.3, 0.4) is 0 Å². The zero-order chi connectivity index (χ0) is 15.9. The number of urea groups is 1. The van der Waals surface area contributed by atoms with E-state index in [1.807, 2.05) is 13.1 Å². The van der Waals surface area contributed by atoms with E-state index in [2.05, 4.69) is 16.3 Å². The van der Waals surface area contributed by atoms with Crippen LogP contribution in [0.4, 0.5) is 4.79 Å². The number of rotatable bonds is 5. The molecule has 1 aliphatic carbocycles. The number of likely N-dealkylation sites (N-methyl/N-ethyl adjacent to an activating group) is 1. The summed E-state index contributed by atoms with van der Waals surface area (Å²) in [7, 11) is 2.01. The van der Waals surface area contributed by atoms with Gasteiger partial charge in [0.15, 0.2) is 0 Å². The summed E-state index contributed by atoms with van der Waals surface area (Å²) in [5, 5.41) is 2.95. The van der Waals surface area contributed by atoms with Gasteiger partial charge in [-0.25, -0.2) is 4.79 Å². The molecular weight excluding hydrogens is 284 g/mol. The van der Waals surface area contributed by atoms with Gasteiger partial charge in [-0.3, -0.25) is 4.79 Å². The summed E-state index contributed by atoms with van der Waals surface area (Å²) >= 11 is 0. The lowest BCUT2D eigenvalue weighted by Crippen LogP contribution is -2.53. The Hall–Kier alpha value is -1.60. The van der Waals surface area contributed by atoms with Crippen molar-refractivity contribution >= 4 is 11.9 Å². The number of nitrogens with two attached hydrogens (primary N) is 1. The van der Waals surface area contributed by atoms with Gasteiger partial charge in [-0.05, 0) is 26.3 Å². The monoisotopic (exact) mass is 310 g/mol. The number of nitrogens with one attached hydrogen (secondary N) is 1. The van der Waals surface area contributed by atoms with Gasteiger partial charge >= 0.3 is 6.03 Å². The van der Waals surface area contributed by atoms with Gasteiger partial charge < -0.3 is 25.6 Å². The molecule has 3 amide bonds. The molecule has 0 aromatic heterocycles. The highest BCUT2D eigenvalue weighted by Crippen LogP contribution is 2.11. The normalized spacial score (nSPS) is 25.7. The first-order chi connectivity index (χ1) is 10.5. The Morgan fingerprint density at radius 2 is 2.32 bits per heavy atom. The average Bonchev–Trinajstić information content (AvgIpc) is 2.47. The summed E-state index contributed by atoms with van der Waals surface area (Å²) in [4.78, 5) is 27.3. The van der Waals surface area contributed by atoms with E-state index in [1.165, 1.54) is 4.90 Å². The maximum absolute atomic E-state index is 12.4. The molecule has 3 N–H and O–H groups in total. The van der Waals surface area contributed by atoms with Crippen molar-refractivity contribution in [3.05, 3.63) is 12.2 Å². The average molecular weight is 310 g/mol. The molecule has 0 radical (unpaired) electrons. The number of ether oxygens (including phenoxy) is 1. The second-order valence-corrected chi connectivity index (χ2v) is 6.02. The third-order valence-corrected chi connectivity index (χ3v) is 3.96. The quantitative estimate of drug-likeness (QED) is 0.695. The van der Waals surface area contributed by atoms with Gasteiger partial charge in [0.25, 0.3) is 0 Å². The van der Waals surface area contributed by atoms with Gasteiger partial charge in [0, 0.05) is 19.1 Å². The van der Waals surface area contributed by atoms with E-state index in [0.717, 1.165) is 32.4 Å². The zero-order valence-electron chi connectivity index (χ0n) is 13.2. The van der Waals surface area contributed by atoms with Crippen molar-refractivity contribution in [3.63, 3.8) is 0 Å². The van der Waals surface area contributed by atoms with E-state index >= 15 is 0 Å². The van der Waals surface area contributed by atoms with Crippen LogP contribution in [-0.2, 0) is 9.53 Å². The maximum atomic E-state index is 12.4. The Morgan fingerprint density at radius 3 is 2.95 bits per heavy atom. The number of carbonyl (C=O) groups excluding carboxylic acids is 2. The number of nitrogens with zero attached hydrogens (tertiary/aromatic N) is 2. The Bertz CT molecular complexity index is 427. The topological polar surface area (TPSA) is 87.9 Å². The third kappa shape index (κ3) is 5.31. The lowest BCUT2D eigenvalue weighted by Gasteiger charge is -2.34. The number of allylic oxidation sites excluding steroid dienone is 1. The molecule has 1 saturated heterocycles. The fraction of sp³-hybridized carbons (Fsp3) is 0.733. The maximum Gasteiger partial charge on any atom is 0.318 e. The van der Waals surface area contributed by atoms with Crippen molar-refractivity contribution in [3.8, 4) is 0 Å². The van der Waals surface area contributed by atoms with Gasteiger partial charge in [-0.1, -0.05) is 12.2 Å². The molecule has 7 heteroatoms. The largest absolute Gasteiger partial charge is 0.374 e. The van der Waals surface area contributed by atoms with Gasteiger partial charge in [0.1, 0.15) is 6.54 Å². The summed E-state index contributed by atoms with van der Waals surface area (Å²) < 4.78 is 5.67. The number of amides is 3. The molecule has 2 atom stereocenters. The van der Waals surface area contributed by atoms with E-state index < -0.39 is 5.91 Å². The van der Waals surface area contributed by atoms with Crippen molar-refractivity contribution in [2.24, 2.45) is 5.73 Å². The highest BCUT2D eigenvalue weighted by atomic mass is 16.5. The number of hydrogen-bond acceptors (Lipinski definition) is 4. The molecule has 0 saturated carbocycles. The van der Waals surface area contributed by atoms with Crippen molar-refractivity contribution in [2.45, 2.75) is 31.4 Å². The third-order valence-electron chi connectivity index (χ3n) is 3.96. The van der Waals surface area contributed by atoms with Crippen LogP contribution in [0.1, 0.15) is 19.3 Å². The first-order valence-electron chi connectivity index (χ1n) is 7.85. The van der Waals surface area contributed by atoms with E-state index in [0.29, 0.717) is 13.2 Å². The highest BCUT2D eigenvalue weighted by Gasteiger charge is 2.25. The molecule has 0 aromatic rings. The number of morpholine rings is 1. The summed E-state index contributed by atoms with van der Waals surface area (Å²) in [6.45, 7) is 2.54. The summed E-state index contributed by atoms with van der Waals surface area (Å²) in [5.41, 5.74) is 5.27. The van der Waals surface area contributed by atoms with E-state index in [4.69, 9.17) is 10.5 Å². The molecule has 0 bridgehead atoms. The van der Waals surface area contributed by atoms with Crippen LogP contribution in [0.25, 0.3) is 0 Å². The van der Waals surface area contributed by atoms with E-state index in [1.54, 1.807) is 0 Å². The molecule has 124 valence electrons. The fourth-order valence-corrected chi connectivity index (χ4v) is 2.81. The van der Waals surface area contributed by atoms with Gasteiger partial charge in [-0.15, -0.1) is 0 Å². The fourth-order valence-electron chi connectivity index (χ4n) is 2.81. The first-order valence-corrected chi connectivity index (χ1v) is 7.85. The SMILES string of the molecule is CN1CCO[C@H](CN(CC(N)=O)C(=O)N[C@@H]2C=CCCC2)C1. The summed E-state index contributed by atoms with van der Waals surface area (Å²) in [5.74, 6) is -0.515. The van der Waals surface area contributed by atoms with Crippen molar-refractivity contribution in [2.75, 3.05) is 39.8 Å². The number of carbonyl (C=O) groups is 2. The lowest BCUT2D eigenvalue weighted by atomic mass is 10.0. The molecule has 0 spiro atoms. The summed E-state index contributed by atoms with van der Waals surface area (Å²) in [6.07, 6.45) is 7.04. The molecule has 22 heavy (non-hydrogen) atoms. The van der Waals surface area contributed by atoms with Crippen molar-refractivity contribution < 1.29 is 14.3 Å². The number of hydrogen-bond donors (Lipinski definition) is 2. The molecule has 1 heterocycles. The standard InChI is InChI=1S/C15H26N4O3/c1-18-7-8-22-13(9-18)10-19(11-14(16)20)15(21)17-12-5-3-2-4-6-12/h3,5,12-13H,2,4,6-11H2,1H3,(H2,16,20)(H,17,21)/t12-,13+/m1/s1. The van der Waals surface area contributed by atoms with Crippen molar-refractivity contribution in [1.82, 2.24) is 15.1 Å². The van der Waals surface area contributed by atoms with Crippen LogP contribution < -0.4 is 11.1 Å². The highest BCUT2D eigenvalue weighted by molar-refractivity contribution is 5.83. The number of primary amides is 1. The molecule has 0 aromatic carbocycles. The van der Waals surface area contributed by atoms with Gasteiger partial charge in [-0.2, -0.15) is 0 Å². The van der Waals surface area contributed by atoms with Crippen LogP contribution in [-0.4, -0.2) is 73.7 Å². The first kappa shape index (κ1) is 16.8. The van der Waals surface area contributed by atoms with Crippen LogP contribution >= 0.6 is 0 Å². The molecule has 7 nitrogen and oxygen atoms in total. The Labute approximate surface area is 131 Å². The summed E-state index contributed by atoms with van der Waals surface area (Å²) in [6, 6.07) is -0.223. The molecule has 2 aliphatic rings. The van der Waals surface area contributed by atoms with E-state index in [-0.39, 0.29) is 24.7 Å². The van der Waals surface area contributed by atoms with Gasteiger partial charge in [0.2, 0.25) is 5.91 Å². The lowest BCUT2D eigenvalue weighted by molar-refractivity contribution is -0.119. The van der Waals surface area contributed by atoms with Gasteiger partial charge in [0.05, 0.1) is 19.3 Å². The zero-order valence-corrected chi connectivity index (χ0v) is 13.2. The minimum Gasteiger partial charge on any atom is -0.374 e. The van der Waals surface area contributed by atoms with Crippen LogP contribution in [0.15, 0.2) is 12.2 Å². The second kappa shape index (κ2) is 8.14. The molecule has 0 unspecified atom stereocenters. The predicted molar refractivity (Wildman–Crippen MR) is 83.3 cm³/mol. The molecule has 1 fully saturated rings. The van der Waals surface area contributed by atoms with E-state index in [9.17, 15) is 9.59 Å². The predicted octanol–water partition coefficient (Wildman–Crippen LogP) is -0.0774. The Kier molecular flexibility index (Phi) is 6.21. The molecular formula is C15H26N4O3. The van der Waals surface area contributed by atoms with Crippen LogP contribution in [0.5, 0.6) is 0 Å². The van der Waals surface area contributed by atoms with Crippen molar-refractivity contribution in [1.29, 1.82) is 0 Å². The molecule has 2 rings (SSSR count).